The third kappa shape index (κ3) is 6.28. The van der Waals surface area contributed by atoms with Gasteiger partial charge in [-0.1, -0.05) is 53.9 Å². The Morgan fingerprint density at radius 1 is 1.10 bits per heavy atom. The second-order valence-corrected chi connectivity index (χ2v) is 7.20. The van der Waals surface area contributed by atoms with Crippen molar-refractivity contribution >= 4 is 0 Å². The Hall–Kier alpha value is -0.0800. The van der Waals surface area contributed by atoms with Gasteiger partial charge in [-0.2, -0.15) is 0 Å². The van der Waals surface area contributed by atoms with Gasteiger partial charge in [0.05, 0.1) is 0 Å². The van der Waals surface area contributed by atoms with Gasteiger partial charge < -0.3 is 5.32 Å². The van der Waals surface area contributed by atoms with Gasteiger partial charge in [0.25, 0.3) is 0 Å². The summed E-state index contributed by atoms with van der Waals surface area (Å²) in [5, 5.41) is 3.85. The lowest BCUT2D eigenvalue weighted by Crippen LogP contribution is -2.54. The predicted molar refractivity (Wildman–Crippen MR) is 94.8 cm³/mol. The molecule has 126 valence electrons. The number of nitrogens with one attached hydrogen (secondary N) is 1. The highest BCUT2D eigenvalue weighted by molar-refractivity contribution is 4.91. The lowest BCUT2D eigenvalue weighted by atomic mass is 9.79. The van der Waals surface area contributed by atoms with Crippen LogP contribution in [0.4, 0.5) is 0 Å². The van der Waals surface area contributed by atoms with Gasteiger partial charge in [0.2, 0.25) is 0 Å². The molecule has 0 heterocycles. The number of hydrogen-bond acceptors (Lipinski definition) is 2. The normalized spacial score (nSPS) is 28.0. The molecular formula is C19H40N2. The zero-order chi connectivity index (χ0) is 15.7. The average molecular weight is 297 g/mol. The lowest BCUT2D eigenvalue weighted by molar-refractivity contribution is 0.0856. The highest BCUT2D eigenvalue weighted by Gasteiger charge is 2.33. The van der Waals surface area contributed by atoms with Crippen LogP contribution in [0.3, 0.4) is 0 Å². The van der Waals surface area contributed by atoms with Crippen molar-refractivity contribution in [2.45, 2.75) is 91.6 Å². The minimum atomic E-state index is 0.724. The first-order valence-corrected chi connectivity index (χ1v) is 9.63. The Bertz CT molecular complexity index is 254. The van der Waals surface area contributed by atoms with Gasteiger partial charge in [-0.05, 0) is 50.6 Å². The van der Waals surface area contributed by atoms with Gasteiger partial charge in [0.15, 0.2) is 0 Å². The van der Waals surface area contributed by atoms with E-state index in [1.807, 2.05) is 0 Å². The topological polar surface area (TPSA) is 15.3 Å². The first-order chi connectivity index (χ1) is 10.2. The SMILES string of the molecule is CCCNC1CCC(CCC)CC1N(CC)CC(C)CC. The molecule has 1 N–H and O–H groups in total. The van der Waals surface area contributed by atoms with E-state index in [0.29, 0.717) is 0 Å². The summed E-state index contributed by atoms with van der Waals surface area (Å²) in [7, 11) is 0. The monoisotopic (exact) mass is 296 g/mol. The van der Waals surface area contributed by atoms with Crippen LogP contribution in [0.1, 0.15) is 79.6 Å². The van der Waals surface area contributed by atoms with Crippen LogP contribution in [0.2, 0.25) is 0 Å². The standard InChI is InChI=1S/C19H40N2/c1-6-10-17-11-12-18(20-13-7-2)19(14-17)21(9-4)15-16(5)8-3/h16-20H,6-15H2,1-5H3. The molecule has 21 heavy (non-hydrogen) atoms. The van der Waals surface area contributed by atoms with E-state index in [4.69, 9.17) is 0 Å². The van der Waals surface area contributed by atoms with Crippen LogP contribution in [0, 0.1) is 11.8 Å². The van der Waals surface area contributed by atoms with Crippen LogP contribution >= 0.6 is 0 Å². The highest BCUT2D eigenvalue weighted by Crippen LogP contribution is 2.31. The van der Waals surface area contributed by atoms with E-state index >= 15 is 0 Å². The molecule has 2 heteroatoms. The van der Waals surface area contributed by atoms with Gasteiger partial charge in [0, 0.05) is 18.6 Å². The maximum Gasteiger partial charge on any atom is 0.0251 e. The second-order valence-electron chi connectivity index (χ2n) is 7.20. The molecule has 4 unspecified atom stereocenters. The van der Waals surface area contributed by atoms with Crippen molar-refractivity contribution in [3.63, 3.8) is 0 Å². The van der Waals surface area contributed by atoms with Crippen molar-refractivity contribution in [1.29, 1.82) is 0 Å². The van der Waals surface area contributed by atoms with Gasteiger partial charge in [-0.15, -0.1) is 0 Å². The average Bonchev–Trinajstić information content (AvgIpc) is 2.51. The van der Waals surface area contributed by atoms with Crippen molar-refractivity contribution in [2.75, 3.05) is 19.6 Å². The Morgan fingerprint density at radius 2 is 1.86 bits per heavy atom. The molecule has 1 aliphatic carbocycles. The van der Waals surface area contributed by atoms with Crippen LogP contribution in [0.25, 0.3) is 0 Å². The highest BCUT2D eigenvalue weighted by atomic mass is 15.2. The first kappa shape index (κ1) is 19.0. The molecule has 1 fully saturated rings. The van der Waals surface area contributed by atoms with E-state index in [0.717, 1.165) is 23.9 Å². The van der Waals surface area contributed by atoms with Gasteiger partial charge in [-0.3, -0.25) is 4.90 Å². The number of rotatable bonds is 10. The molecule has 0 aliphatic heterocycles. The van der Waals surface area contributed by atoms with Crippen molar-refractivity contribution in [3.05, 3.63) is 0 Å². The predicted octanol–water partition coefficient (Wildman–Crippen LogP) is 4.69. The fourth-order valence-electron chi connectivity index (χ4n) is 3.90. The largest absolute Gasteiger partial charge is 0.312 e. The molecule has 0 aromatic carbocycles. The van der Waals surface area contributed by atoms with E-state index in [2.05, 4.69) is 44.8 Å². The number of nitrogens with zero attached hydrogens (tertiary/aromatic N) is 1. The summed E-state index contributed by atoms with van der Waals surface area (Å²) in [6.45, 7) is 15.4. The maximum atomic E-state index is 3.85. The third-order valence-corrected chi connectivity index (χ3v) is 5.40. The molecule has 0 amide bonds. The summed E-state index contributed by atoms with van der Waals surface area (Å²) >= 11 is 0. The summed E-state index contributed by atoms with van der Waals surface area (Å²) in [6.07, 6.45) is 9.56. The van der Waals surface area contributed by atoms with E-state index in [-0.39, 0.29) is 0 Å². The minimum absolute atomic E-state index is 0.724. The zero-order valence-electron chi connectivity index (χ0n) is 15.3. The fourth-order valence-corrected chi connectivity index (χ4v) is 3.90. The Morgan fingerprint density at radius 3 is 2.43 bits per heavy atom. The Kier molecular flexibility index (Phi) is 9.59. The molecule has 4 atom stereocenters. The summed E-state index contributed by atoms with van der Waals surface area (Å²) in [5.41, 5.74) is 0. The van der Waals surface area contributed by atoms with Gasteiger partial charge in [0.1, 0.15) is 0 Å². The Balaban J connectivity index is 2.69. The first-order valence-electron chi connectivity index (χ1n) is 9.63. The third-order valence-electron chi connectivity index (χ3n) is 5.40. The molecule has 0 aromatic heterocycles. The van der Waals surface area contributed by atoms with E-state index in [9.17, 15) is 0 Å². The lowest BCUT2D eigenvalue weighted by Gasteiger charge is -2.44. The van der Waals surface area contributed by atoms with Gasteiger partial charge in [-0.25, -0.2) is 0 Å². The van der Waals surface area contributed by atoms with Crippen molar-refractivity contribution in [1.82, 2.24) is 10.2 Å². The molecule has 0 saturated heterocycles. The molecule has 0 aromatic rings. The van der Waals surface area contributed by atoms with Crippen LogP contribution in [-0.2, 0) is 0 Å². The Labute approximate surface area is 134 Å². The van der Waals surface area contributed by atoms with Gasteiger partial charge >= 0.3 is 0 Å². The van der Waals surface area contributed by atoms with Crippen LogP contribution < -0.4 is 5.32 Å². The quantitative estimate of drug-likeness (QED) is 0.629. The van der Waals surface area contributed by atoms with Crippen LogP contribution in [-0.4, -0.2) is 36.6 Å². The molecule has 1 rings (SSSR count). The van der Waals surface area contributed by atoms with E-state index in [1.54, 1.807) is 0 Å². The number of likely N-dealkylation sites (N-methyl/N-ethyl adjacent to an activating group) is 1. The van der Waals surface area contributed by atoms with Crippen molar-refractivity contribution in [2.24, 2.45) is 11.8 Å². The zero-order valence-corrected chi connectivity index (χ0v) is 15.3. The van der Waals surface area contributed by atoms with Crippen molar-refractivity contribution in [3.8, 4) is 0 Å². The summed E-state index contributed by atoms with van der Waals surface area (Å²) in [5.74, 6) is 1.79. The summed E-state index contributed by atoms with van der Waals surface area (Å²) < 4.78 is 0. The molecule has 0 spiro atoms. The molecular weight excluding hydrogens is 256 g/mol. The molecule has 1 aliphatic rings. The van der Waals surface area contributed by atoms with Crippen molar-refractivity contribution < 1.29 is 0 Å². The maximum absolute atomic E-state index is 3.85. The van der Waals surface area contributed by atoms with E-state index < -0.39 is 0 Å². The summed E-state index contributed by atoms with van der Waals surface area (Å²) in [6, 6.07) is 1.49. The van der Waals surface area contributed by atoms with Crippen LogP contribution in [0.15, 0.2) is 0 Å². The fraction of sp³-hybridized carbons (Fsp3) is 1.00. The summed E-state index contributed by atoms with van der Waals surface area (Å²) in [4.78, 5) is 2.78. The second kappa shape index (κ2) is 10.6. The molecule has 1 saturated carbocycles. The smallest absolute Gasteiger partial charge is 0.0251 e. The molecule has 2 nitrogen and oxygen atoms in total. The minimum Gasteiger partial charge on any atom is -0.312 e. The van der Waals surface area contributed by atoms with Crippen LogP contribution in [0.5, 0.6) is 0 Å². The number of hydrogen-bond donors (Lipinski definition) is 1. The molecule has 0 radical (unpaired) electrons. The van der Waals surface area contributed by atoms with E-state index in [1.165, 1.54) is 64.6 Å². The molecule has 0 bridgehead atoms.